The number of phenols is 1. The second-order valence-electron chi connectivity index (χ2n) is 10.1. The van der Waals surface area contributed by atoms with Crippen LogP contribution in [0, 0.1) is 11.6 Å². The highest BCUT2D eigenvalue weighted by Gasteiger charge is 2.38. The van der Waals surface area contributed by atoms with Crippen molar-refractivity contribution in [3.63, 3.8) is 0 Å². The Morgan fingerprint density at radius 3 is 2.57 bits per heavy atom. The fourth-order valence-corrected chi connectivity index (χ4v) is 5.16. The van der Waals surface area contributed by atoms with Crippen LogP contribution in [-0.2, 0) is 24.4 Å². The number of amides is 1. The third-order valence-electron chi connectivity index (χ3n) is 7.30. The summed E-state index contributed by atoms with van der Waals surface area (Å²) in [6.45, 7) is 1.85. The number of carbonyl (C=O) groups excluding carboxylic acids is 1. The minimum Gasteiger partial charge on any atom is -0.503 e. The molecule has 1 atom stereocenters. The van der Waals surface area contributed by atoms with Gasteiger partial charge in [-0.1, -0.05) is 30.3 Å². The van der Waals surface area contributed by atoms with E-state index in [4.69, 9.17) is 0 Å². The van der Waals surface area contributed by atoms with E-state index in [1.807, 2.05) is 40.1 Å². The topological polar surface area (TPSA) is 99.4 Å². The Hall–Kier alpha value is -4.33. The number of carbonyl (C=O) groups is 1. The molecule has 1 amide bonds. The first kappa shape index (κ1) is 29.2. The highest BCUT2D eigenvalue weighted by Crippen LogP contribution is 2.41. The van der Waals surface area contributed by atoms with E-state index in [1.54, 1.807) is 7.05 Å². The first-order chi connectivity index (χ1) is 20.0. The number of nitrogens with zero attached hydrogens (tertiary/aromatic N) is 6. The molecule has 5 rings (SSSR count). The minimum absolute atomic E-state index is 0.0255. The number of piperazine rings is 1. The van der Waals surface area contributed by atoms with Crippen LogP contribution in [0.2, 0.25) is 0 Å². The van der Waals surface area contributed by atoms with Gasteiger partial charge in [0.2, 0.25) is 11.9 Å². The summed E-state index contributed by atoms with van der Waals surface area (Å²) in [4.78, 5) is 25.6. The van der Waals surface area contributed by atoms with Crippen LogP contribution in [0.25, 0.3) is 22.3 Å². The molecular formula is C28H28F5N7O2. The van der Waals surface area contributed by atoms with Crippen LogP contribution >= 0.6 is 0 Å². The molecule has 0 unspecified atom stereocenters. The maximum absolute atomic E-state index is 14.9. The van der Waals surface area contributed by atoms with Crippen LogP contribution < -0.4 is 10.2 Å². The van der Waals surface area contributed by atoms with Gasteiger partial charge in [0.05, 0.1) is 17.0 Å². The standard InChI is InChI=1S/C28H28F5N7O2/c1-34-9-8-21(41)39-10-11-40(17(15-39)12-16-6-4-3-5-7-16)27-35-14-19-24(37-38(2)26(19)36-27)18-13-20(28(31,32)33)23(30)25(42)22(18)29/h3-7,13-14,17,34,42H,8-12,15H2,1-2H3/t17-/m1/s1. The average Bonchev–Trinajstić information content (AvgIpc) is 3.29. The SMILES string of the molecule is CNCCC(=O)N1CCN(c2ncc3c(-c4cc(C(F)(F)F)c(F)c(O)c4F)nn(C)c3n2)[C@H](Cc2ccccc2)C1. The lowest BCUT2D eigenvalue weighted by Crippen LogP contribution is -2.56. The summed E-state index contributed by atoms with van der Waals surface area (Å²) in [7, 11) is 3.26. The fourth-order valence-electron chi connectivity index (χ4n) is 5.16. The summed E-state index contributed by atoms with van der Waals surface area (Å²) in [6, 6.07) is 9.82. The van der Waals surface area contributed by atoms with Gasteiger partial charge < -0.3 is 20.2 Å². The molecule has 14 heteroatoms. The van der Waals surface area contributed by atoms with Gasteiger partial charge in [-0.2, -0.15) is 23.3 Å². The smallest absolute Gasteiger partial charge is 0.419 e. The molecule has 0 saturated carbocycles. The summed E-state index contributed by atoms with van der Waals surface area (Å²) in [5.74, 6) is -5.10. The predicted molar refractivity (Wildman–Crippen MR) is 145 cm³/mol. The maximum atomic E-state index is 14.9. The molecule has 3 heterocycles. The number of phenolic OH excluding ortho intramolecular Hbond substituents is 1. The number of aromatic nitrogens is 4. The highest BCUT2D eigenvalue weighted by molar-refractivity contribution is 5.91. The van der Waals surface area contributed by atoms with E-state index in [2.05, 4.69) is 20.4 Å². The zero-order chi connectivity index (χ0) is 30.2. The maximum Gasteiger partial charge on any atom is 0.419 e. The lowest BCUT2D eigenvalue weighted by Gasteiger charge is -2.41. The Kier molecular flexibility index (Phi) is 7.99. The van der Waals surface area contributed by atoms with Crippen LogP contribution in [0.3, 0.4) is 0 Å². The van der Waals surface area contributed by atoms with Crippen molar-refractivity contribution in [1.29, 1.82) is 0 Å². The number of aromatic hydroxyl groups is 1. The quantitative estimate of drug-likeness (QED) is 0.316. The molecule has 42 heavy (non-hydrogen) atoms. The second-order valence-corrected chi connectivity index (χ2v) is 10.1. The van der Waals surface area contributed by atoms with Crippen LogP contribution in [0.1, 0.15) is 17.5 Å². The lowest BCUT2D eigenvalue weighted by atomic mass is 10.0. The predicted octanol–water partition coefficient (Wildman–Crippen LogP) is 3.90. The first-order valence-electron chi connectivity index (χ1n) is 13.2. The summed E-state index contributed by atoms with van der Waals surface area (Å²) in [6.07, 6.45) is -2.91. The molecule has 1 aliphatic heterocycles. The number of anilines is 1. The molecule has 4 aromatic rings. The minimum atomic E-state index is -5.18. The van der Waals surface area contributed by atoms with E-state index in [0.717, 1.165) is 5.56 Å². The van der Waals surface area contributed by atoms with Crippen molar-refractivity contribution in [2.45, 2.75) is 25.1 Å². The average molecular weight is 590 g/mol. The van der Waals surface area contributed by atoms with Crippen LogP contribution in [0.15, 0.2) is 42.6 Å². The normalized spacial score (nSPS) is 15.9. The third kappa shape index (κ3) is 5.58. The number of nitrogens with one attached hydrogen (secondary N) is 1. The van der Waals surface area contributed by atoms with E-state index in [-0.39, 0.29) is 34.7 Å². The number of benzene rings is 2. The number of aryl methyl sites for hydroxylation is 1. The molecule has 222 valence electrons. The van der Waals surface area contributed by atoms with Crippen molar-refractivity contribution in [2.24, 2.45) is 7.05 Å². The van der Waals surface area contributed by atoms with Crippen LogP contribution in [0.4, 0.5) is 27.9 Å². The van der Waals surface area contributed by atoms with E-state index >= 15 is 0 Å². The van der Waals surface area contributed by atoms with Crippen molar-refractivity contribution < 1.29 is 31.9 Å². The van der Waals surface area contributed by atoms with Crippen LogP contribution in [0.5, 0.6) is 5.75 Å². The molecule has 0 aliphatic carbocycles. The number of hydrogen-bond acceptors (Lipinski definition) is 7. The van der Waals surface area contributed by atoms with Gasteiger partial charge in [-0.3, -0.25) is 4.79 Å². The summed E-state index contributed by atoms with van der Waals surface area (Å²) in [5, 5.41) is 17.0. The van der Waals surface area contributed by atoms with Gasteiger partial charge in [0, 0.05) is 51.4 Å². The zero-order valence-electron chi connectivity index (χ0n) is 22.8. The molecule has 2 aromatic heterocycles. The van der Waals surface area contributed by atoms with Crippen molar-refractivity contribution in [3.05, 3.63) is 65.4 Å². The molecule has 1 fully saturated rings. The first-order valence-corrected chi connectivity index (χ1v) is 13.2. The molecule has 0 radical (unpaired) electrons. The molecule has 0 bridgehead atoms. The monoisotopic (exact) mass is 589 g/mol. The van der Waals surface area contributed by atoms with Crippen molar-refractivity contribution >= 4 is 22.9 Å². The molecular weight excluding hydrogens is 561 g/mol. The third-order valence-corrected chi connectivity index (χ3v) is 7.30. The van der Waals surface area contributed by atoms with Gasteiger partial charge in [-0.05, 0) is 25.1 Å². The highest BCUT2D eigenvalue weighted by atomic mass is 19.4. The number of rotatable bonds is 7. The van der Waals surface area contributed by atoms with E-state index in [1.165, 1.54) is 17.9 Å². The zero-order valence-corrected chi connectivity index (χ0v) is 22.8. The van der Waals surface area contributed by atoms with Crippen molar-refractivity contribution in [2.75, 3.05) is 38.1 Å². The summed E-state index contributed by atoms with van der Waals surface area (Å²) < 4.78 is 70.4. The van der Waals surface area contributed by atoms with Gasteiger partial charge in [0.1, 0.15) is 5.69 Å². The van der Waals surface area contributed by atoms with Gasteiger partial charge in [0.15, 0.2) is 23.0 Å². The van der Waals surface area contributed by atoms with E-state index in [0.29, 0.717) is 45.0 Å². The van der Waals surface area contributed by atoms with Gasteiger partial charge in [-0.15, -0.1) is 0 Å². The number of fused-ring (bicyclic) bond motifs is 1. The molecule has 2 aromatic carbocycles. The summed E-state index contributed by atoms with van der Waals surface area (Å²) in [5.41, 5.74) is -1.60. The molecule has 2 N–H and O–H groups in total. The van der Waals surface area contributed by atoms with Crippen molar-refractivity contribution in [1.82, 2.24) is 30.0 Å². The Bertz CT molecular complexity index is 1610. The fraction of sp³-hybridized carbons (Fsp3) is 0.357. The molecule has 1 saturated heterocycles. The van der Waals surface area contributed by atoms with Crippen molar-refractivity contribution in [3.8, 4) is 17.0 Å². The molecule has 1 aliphatic rings. The molecule has 0 spiro atoms. The molecule has 9 nitrogen and oxygen atoms in total. The van der Waals surface area contributed by atoms with Gasteiger partial charge >= 0.3 is 6.18 Å². The number of hydrogen-bond donors (Lipinski definition) is 2. The van der Waals surface area contributed by atoms with Gasteiger partial charge in [0.25, 0.3) is 0 Å². The van der Waals surface area contributed by atoms with Gasteiger partial charge in [-0.25, -0.2) is 18.4 Å². The Labute approximate surface area is 237 Å². The van der Waals surface area contributed by atoms with E-state index in [9.17, 15) is 31.9 Å². The Morgan fingerprint density at radius 1 is 1.14 bits per heavy atom. The largest absolute Gasteiger partial charge is 0.503 e. The summed E-state index contributed by atoms with van der Waals surface area (Å²) >= 11 is 0. The Morgan fingerprint density at radius 2 is 1.88 bits per heavy atom. The lowest BCUT2D eigenvalue weighted by molar-refractivity contribution is -0.140. The Balaban J connectivity index is 1.52. The number of alkyl halides is 3. The number of halogens is 5. The van der Waals surface area contributed by atoms with E-state index < -0.39 is 34.7 Å². The van der Waals surface area contributed by atoms with Crippen LogP contribution in [-0.4, -0.2) is 74.9 Å². The second kappa shape index (κ2) is 11.5.